The molecule has 2 aliphatic heterocycles. The summed E-state index contributed by atoms with van der Waals surface area (Å²) in [5.41, 5.74) is 0. The summed E-state index contributed by atoms with van der Waals surface area (Å²) in [5, 5.41) is 6.42. The van der Waals surface area contributed by atoms with Crippen molar-refractivity contribution in [2.24, 2.45) is 5.92 Å². The van der Waals surface area contributed by atoms with Gasteiger partial charge in [0.05, 0.1) is 0 Å². The topological polar surface area (TPSA) is 44.4 Å². The zero-order valence-corrected chi connectivity index (χ0v) is 11.4. The van der Waals surface area contributed by atoms with Gasteiger partial charge in [-0.05, 0) is 70.7 Å². The Hall–Kier alpha value is -0.610. The number of piperidine rings is 1. The van der Waals surface area contributed by atoms with Crippen molar-refractivity contribution in [2.45, 2.75) is 38.5 Å². The highest BCUT2D eigenvalue weighted by Gasteiger charge is 2.16. The smallest absolute Gasteiger partial charge is 0.220 e. The summed E-state index contributed by atoms with van der Waals surface area (Å²) in [6.45, 7) is 6.62. The van der Waals surface area contributed by atoms with Gasteiger partial charge in [-0.1, -0.05) is 0 Å². The highest BCUT2D eigenvalue weighted by molar-refractivity contribution is 5.76. The Kier molecular flexibility index (Phi) is 5.94. The maximum atomic E-state index is 11.8. The van der Waals surface area contributed by atoms with Crippen molar-refractivity contribution < 1.29 is 4.79 Å². The average molecular weight is 253 g/mol. The van der Waals surface area contributed by atoms with Crippen molar-refractivity contribution in [3.8, 4) is 0 Å². The van der Waals surface area contributed by atoms with E-state index in [1.54, 1.807) is 0 Å². The molecule has 0 spiro atoms. The predicted octanol–water partition coefficient (Wildman–Crippen LogP) is 0.978. The van der Waals surface area contributed by atoms with Crippen LogP contribution < -0.4 is 10.6 Å². The second-order valence-corrected chi connectivity index (χ2v) is 5.67. The average Bonchev–Trinajstić information content (AvgIpc) is 2.89. The minimum Gasteiger partial charge on any atom is -0.356 e. The molecule has 2 aliphatic rings. The van der Waals surface area contributed by atoms with Crippen molar-refractivity contribution in [1.82, 2.24) is 15.5 Å². The van der Waals surface area contributed by atoms with Gasteiger partial charge < -0.3 is 15.5 Å². The number of hydrogen-bond acceptors (Lipinski definition) is 3. The predicted molar refractivity (Wildman–Crippen MR) is 73.5 cm³/mol. The molecule has 1 amide bonds. The summed E-state index contributed by atoms with van der Waals surface area (Å²) >= 11 is 0. The van der Waals surface area contributed by atoms with E-state index in [1.165, 1.54) is 38.8 Å². The Balaban J connectivity index is 1.48. The van der Waals surface area contributed by atoms with Crippen LogP contribution in [0, 0.1) is 5.92 Å². The third-order valence-corrected chi connectivity index (χ3v) is 4.04. The van der Waals surface area contributed by atoms with Gasteiger partial charge in [0.1, 0.15) is 0 Å². The molecule has 0 saturated carbocycles. The van der Waals surface area contributed by atoms with Crippen LogP contribution in [0.15, 0.2) is 0 Å². The molecule has 0 aromatic rings. The fourth-order valence-electron chi connectivity index (χ4n) is 2.97. The molecule has 0 radical (unpaired) electrons. The van der Waals surface area contributed by atoms with Gasteiger partial charge in [0.15, 0.2) is 0 Å². The number of hydrogen-bond donors (Lipinski definition) is 2. The van der Waals surface area contributed by atoms with Gasteiger partial charge in [-0.2, -0.15) is 0 Å². The van der Waals surface area contributed by atoms with E-state index in [-0.39, 0.29) is 5.91 Å². The van der Waals surface area contributed by atoms with Gasteiger partial charge in [-0.3, -0.25) is 4.79 Å². The summed E-state index contributed by atoms with van der Waals surface area (Å²) < 4.78 is 0. The van der Waals surface area contributed by atoms with Crippen LogP contribution in [-0.4, -0.2) is 50.1 Å². The molecule has 1 unspecified atom stereocenters. The summed E-state index contributed by atoms with van der Waals surface area (Å²) in [6, 6.07) is 0. The van der Waals surface area contributed by atoms with E-state index in [4.69, 9.17) is 0 Å². The van der Waals surface area contributed by atoms with Crippen LogP contribution in [0.2, 0.25) is 0 Å². The third kappa shape index (κ3) is 4.94. The lowest BCUT2D eigenvalue weighted by atomic mass is 9.96. The van der Waals surface area contributed by atoms with Crippen LogP contribution in [0.1, 0.15) is 38.5 Å². The van der Waals surface area contributed by atoms with Crippen molar-refractivity contribution in [3.05, 3.63) is 0 Å². The van der Waals surface area contributed by atoms with Crippen LogP contribution in [0.4, 0.5) is 0 Å². The maximum Gasteiger partial charge on any atom is 0.220 e. The molecule has 0 aromatic carbocycles. The molecule has 2 saturated heterocycles. The molecule has 2 rings (SSSR count). The van der Waals surface area contributed by atoms with Crippen LogP contribution in [0.5, 0.6) is 0 Å². The van der Waals surface area contributed by atoms with Gasteiger partial charge in [-0.15, -0.1) is 0 Å². The van der Waals surface area contributed by atoms with Crippen molar-refractivity contribution >= 4 is 5.91 Å². The highest BCUT2D eigenvalue weighted by atomic mass is 16.1. The van der Waals surface area contributed by atoms with Gasteiger partial charge in [0.25, 0.3) is 0 Å². The number of rotatable bonds is 6. The molecular formula is C14H27N3O. The first-order chi connectivity index (χ1) is 8.84. The van der Waals surface area contributed by atoms with E-state index < -0.39 is 0 Å². The molecule has 4 heteroatoms. The first kappa shape index (κ1) is 13.8. The Bertz CT molecular complexity index is 245. The summed E-state index contributed by atoms with van der Waals surface area (Å²) in [6.07, 6.45) is 6.91. The molecule has 1 atom stereocenters. The molecule has 0 bridgehead atoms. The highest BCUT2D eigenvalue weighted by Crippen LogP contribution is 2.13. The van der Waals surface area contributed by atoms with Gasteiger partial charge in [0, 0.05) is 13.0 Å². The molecule has 2 heterocycles. The molecule has 0 aliphatic carbocycles. The van der Waals surface area contributed by atoms with Gasteiger partial charge >= 0.3 is 0 Å². The van der Waals surface area contributed by atoms with E-state index in [0.717, 1.165) is 32.6 Å². The maximum absolute atomic E-state index is 11.8. The van der Waals surface area contributed by atoms with E-state index in [0.29, 0.717) is 12.3 Å². The monoisotopic (exact) mass is 253 g/mol. The molecule has 18 heavy (non-hydrogen) atoms. The number of carbonyl (C=O) groups is 1. The molecule has 104 valence electrons. The van der Waals surface area contributed by atoms with Crippen LogP contribution >= 0.6 is 0 Å². The van der Waals surface area contributed by atoms with Crippen molar-refractivity contribution in [1.29, 1.82) is 0 Å². The fraction of sp³-hybridized carbons (Fsp3) is 0.929. The SMILES string of the molecule is O=C(CC1CCCNC1)NCCCN1CCCC1. The summed E-state index contributed by atoms with van der Waals surface area (Å²) in [5.74, 6) is 0.794. The van der Waals surface area contributed by atoms with E-state index in [2.05, 4.69) is 15.5 Å². The molecular weight excluding hydrogens is 226 g/mol. The van der Waals surface area contributed by atoms with E-state index >= 15 is 0 Å². The molecule has 2 N–H and O–H groups in total. The minimum atomic E-state index is 0.241. The number of nitrogens with one attached hydrogen (secondary N) is 2. The van der Waals surface area contributed by atoms with Crippen molar-refractivity contribution in [3.63, 3.8) is 0 Å². The van der Waals surface area contributed by atoms with Crippen LogP contribution in [-0.2, 0) is 4.79 Å². The zero-order chi connectivity index (χ0) is 12.6. The van der Waals surface area contributed by atoms with E-state index in [1.807, 2.05) is 0 Å². The number of nitrogens with zero attached hydrogens (tertiary/aromatic N) is 1. The largest absolute Gasteiger partial charge is 0.356 e. The molecule has 2 fully saturated rings. The second-order valence-electron chi connectivity index (χ2n) is 5.67. The number of likely N-dealkylation sites (tertiary alicyclic amines) is 1. The Labute approximate surface area is 110 Å². The number of carbonyl (C=O) groups excluding carboxylic acids is 1. The lowest BCUT2D eigenvalue weighted by molar-refractivity contribution is -0.122. The minimum absolute atomic E-state index is 0.241. The van der Waals surface area contributed by atoms with Gasteiger partial charge in [0.2, 0.25) is 5.91 Å². The van der Waals surface area contributed by atoms with Crippen molar-refractivity contribution in [2.75, 3.05) is 39.3 Å². The zero-order valence-electron chi connectivity index (χ0n) is 11.4. The molecule has 4 nitrogen and oxygen atoms in total. The fourth-order valence-corrected chi connectivity index (χ4v) is 2.97. The first-order valence-electron chi connectivity index (χ1n) is 7.54. The van der Waals surface area contributed by atoms with Crippen LogP contribution in [0.3, 0.4) is 0 Å². The Morgan fingerprint density at radius 1 is 1.28 bits per heavy atom. The quantitative estimate of drug-likeness (QED) is 0.694. The number of amides is 1. The van der Waals surface area contributed by atoms with Gasteiger partial charge in [-0.25, -0.2) is 0 Å². The third-order valence-electron chi connectivity index (χ3n) is 4.04. The Morgan fingerprint density at radius 3 is 2.83 bits per heavy atom. The lowest BCUT2D eigenvalue weighted by Crippen LogP contribution is -2.35. The van der Waals surface area contributed by atoms with E-state index in [9.17, 15) is 4.79 Å². The first-order valence-corrected chi connectivity index (χ1v) is 7.54. The Morgan fingerprint density at radius 2 is 2.11 bits per heavy atom. The molecule has 0 aromatic heterocycles. The lowest BCUT2D eigenvalue weighted by Gasteiger charge is -2.22. The van der Waals surface area contributed by atoms with Crippen LogP contribution in [0.25, 0.3) is 0 Å². The normalized spacial score (nSPS) is 25.2. The summed E-state index contributed by atoms with van der Waals surface area (Å²) in [7, 11) is 0. The second kappa shape index (κ2) is 7.74. The summed E-state index contributed by atoms with van der Waals surface area (Å²) in [4.78, 5) is 14.3. The standard InChI is InChI=1S/C14H27N3O/c18-14(11-13-5-3-6-15-12-13)16-7-4-10-17-8-1-2-9-17/h13,15H,1-12H2,(H,16,18).